The summed E-state index contributed by atoms with van der Waals surface area (Å²) in [5.41, 5.74) is 11.3. The molecule has 0 saturated carbocycles. The van der Waals surface area contributed by atoms with Crippen molar-refractivity contribution in [2.24, 2.45) is 17.4 Å². The summed E-state index contributed by atoms with van der Waals surface area (Å²) in [4.78, 5) is 59.1. The van der Waals surface area contributed by atoms with Gasteiger partial charge < -0.3 is 37.6 Å². The summed E-state index contributed by atoms with van der Waals surface area (Å²) in [5, 5.41) is 24.9. The Hall–Kier alpha value is -2.73. The van der Waals surface area contributed by atoms with E-state index in [0.29, 0.717) is 6.42 Å². The van der Waals surface area contributed by atoms with Crippen LogP contribution in [0.3, 0.4) is 0 Å². The molecule has 0 saturated heterocycles. The molecular weight excluding hydrogens is 398 g/mol. The van der Waals surface area contributed by atoms with Crippen LogP contribution in [0.5, 0.6) is 0 Å². The summed E-state index contributed by atoms with van der Waals surface area (Å²) < 4.78 is 0. The van der Waals surface area contributed by atoms with Gasteiger partial charge in [0.05, 0.1) is 12.5 Å². The number of rotatable bonds is 14. The molecule has 0 unspecified atom stereocenters. The SMILES string of the molecule is CC[C@H](NC(=O)[C@@H](N)[C@@H](C)CC)C(=O)N[C@@H](CCN)C(=O)N[C@@H](CC(=O)O)C(=O)O. The second-order valence-corrected chi connectivity index (χ2v) is 7.02. The quantitative estimate of drug-likeness (QED) is 0.164. The second kappa shape index (κ2) is 13.5. The third-order valence-corrected chi connectivity index (χ3v) is 4.68. The van der Waals surface area contributed by atoms with Gasteiger partial charge in [-0.3, -0.25) is 19.2 Å². The van der Waals surface area contributed by atoms with Gasteiger partial charge in [-0.2, -0.15) is 0 Å². The van der Waals surface area contributed by atoms with Crippen molar-refractivity contribution in [3.63, 3.8) is 0 Å². The standard InChI is InChI=1S/C18H33N5O7/c1-4-9(3)14(20)17(28)21-10(5-2)15(26)22-11(6-7-19)16(27)23-12(18(29)30)8-13(24)25/h9-12,14H,4-8,19-20H2,1-3H3,(H,21,28)(H,22,26)(H,23,27)(H,24,25)(H,29,30)/t9-,10-,11-,12-,14-/m0/s1. The molecule has 0 rings (SSSR count). The van der Waals surface area contributed by atoms with Crippen LogP contribution in [0.4, 0.5) is 0 Å². The summed E-state index contributed by atoms with van der Waals surface area (Å²) in [6, 6.07) is -4.63. The fourth-order valence-electron chi connectivity index (χ4n) is 2.49. The van der Waals surface area contributed by atoms with Gasteiger partial charge in [-0.25, -0.2) is 4.79 Å². The molecule has 0 aliphatic carbocycles. The Balaban J connectivity index is 5.17. The number of amides is 3. The largest absolute Gasteiger partial charge is 0.481 e. The Bertz CT molecular complexity index is 628. The van der Waals surface area contributed by atoms with E-state index in [1.807, 2.05) is 13.8 Å². The number of carboxylic acid groups (broad SMARTS) is 2. The number of hydrogen-bond donors (Lipinski definition) is 7. The molecule has 0 aliphatic rings. The van der Waals surface area contributed by atoms with Crippen LogP contribution in [0, 0.1) is 5.92 Å². The molecule has 0 bridgehead atoms. The summed E-state index contributed by atoms with van der Waals surface area (Å²) in [6.07, 6.45) is 0.0508. The zero-order chi connectivity index (χ0) is 23.4. The fourth-order valence-corrected chi connectivity index (χ4v) is 2.49. The maximum absolute atomic E-state index is 12.6. The van der Waals surface area contributed by atoms with Crippen molar-refractivity contribution in [2.45, 2.75) is 70.6 Å². The highest BCUT2D eigenvalue weighted by Crippen LogP contribution is 2.06. The number of carbonyl (C=O) groups is 5. The van der Waals surface area contributed by atoms with E-state index >= 15 is 0 Å². The van der Waals surface area contributed by atoms with Crippen LogP contribution in [-0.2, 0) is 24.0 Å². The summed E-state index contributed by atoms with van der Waals surface area (Å²) >= 11 is 0. The van der Waals surface area contributed by atoms with E-state index in [9.17, 15) is 24.0 Å². The van der Waals surface area contributed by atoms with E-state index in [1.54, 1.807) is 6.92 Å². The number of nitrogens with two attached hydrogens (primary N) is 2. The fraction of sp³-hybridized carbons (Fsp3) is 0.722. The number of aliphatic carboxylic acids is 2. The van der Waals surface area contributed by atoms with Crippen LogP contribution < -0.4 is 27.4 Å². The summed E-state index contributed by atoms with van der Waals surface area (Å²) in [7, 11) is 0. The first kappa shape index (κ1) is 27.3. The molecule has 0 fully saturated rings. The maximum atomic E-state index is 12.6. The van der Waals surface area contributed by atoms with E-state index in [-0.39, 0.29) is 25.3 Å². The Morgan fingerprint density at radius 1 is 0.833 bits per heavy atom. The lowest BCUT2D eigenvalue weighted by Gasteiger charge is -2.25. The minimum Gasteiger partial charge on any atom is -0.481 e. The Labute approximate surface area is 175 Å². The number of carboxylic acids is 2. The highest BCUT2D eigenvalue weighted by molar-refractivity contribution is 5.94. The van der Waals surface area contributed by atoms with Crippen LogP contribution >= 0.6 is 0 Å². The topological polar surface area (TPSA) is 214 Å². The van der Waals surface area contributed by atoms with E-state index in [0.717, 1.165) is 0 Å². The number of hydrogen-bond acceptors (Lipinski definition) is 7. The molecule has 3 amide bonds. The summed E-state index contributed by atoms with van der Waals surface area (Å²) in [5.74, 6) is -5.09. The highest BCUT2D eigenvalue weighted by atomic mass is 16.4. The van der Waals surface area contributed by atoms with E-state index in [4.69, 9.17) is 21.7 Å². The molecule has 0 spiro atoms. The number of carbonyl (C=O) groups excluding carboxylic acids is 3. The Morgan fingerprint density at radius 3 is 1.77 bits per heavy atom. The van der Waals surface area contributed by atoms with Gasteiger partial charge in [-0.15, -0.1) is 0 Å². The molecule has 0 heterocycles. The van der Waals surface area contributed by atoms with Crippen molar-refractivity contribution in [1.82, 2.24) is 16.0 Å². The predicted octanol–water partition coefficient (Wildman–Crippen LogP) is -1.87. The Morgan fingerprint density at radius 2 is 1.33 bits per heavy atom. The van der Waals surface area contributed by atoms with Gasteiger partial charge in [-0.05, 0) is 25.3 Å². The van der Waals surface area contributed by atoms with E-state index < -0.39 is 60.2 Å². The van der Waals surface area contributed by atoms with Crippen molar-refractivity contribution < 1.29 is 34.2 Å². The molecule has 0 aromatic heterocycles. The van der Waals surface area contributed by atoms with Crippen molar-refractivity contribution in [1.29, 1.82) is 0 Å². The first-order chi connectivity index (χ1) is 14.0. The molecule has 30 heavy (non-hydrogen) atoms. The molecule has 0 radical (unpaired) electrons. The highest BCUT2D eigenvalue weighted by Gasteiger charge is 2.30. The zero-order valence-corrected chi connectivity index (χ0v) is 17.5. The lowest BCUT2D eigenvalue weighted by molar-refractivity contribution is -0.147. The first-order valence-corrected chi connectivity index (χ1v) is 9.79. The molecular formula is C18H33N5O7. The summed E-state index contributed by atoms with van der Waals surface area (Å²) in [6.45, 7) is 5.34. The molecule has 172 valence electrons. The first-order valence-electron chi connectivity index (χ1n) is 9.79. The molecule has 0 aromatic rings. The van der Waals surface area contributed by atoms with Crippen LogP contribution in [0.1, 0.15) is 46.5 Å². The van der Waals surface area contributed by atoms with Crippen LogP contribution in [-0.4, -0.2) is 70.6 Å². The lowest BCUT2D eigenvalue weighted by atomic mass is 9.99. The van der Waals surface area contributed by atoms with Crippen LogP contribution in [0.2, 0.25) is 0 Å². The van der Waals surface area contributed by atoms with Gasteiger partial charge in [0.1, 0.15) is 18.1 Å². The van der Waals surface area contributed by atoms with Crippen molar-refractivity contribution in [3.05, 3.63) is 0 Å². The maximum Gasteiger partial charge on any atom is 0.326 e. The predicted molar refractivity (Wildman–Crippen MR) is 107 cm³/mol. The van der Waals surface area contributed by atoms with Crippen molar-refractivity contribution >= 4 is 29.7 Å². The normalized spacial score (nSPS) is 15.8. The second-order valence-electron chi connectivity index (χ2n) is 7.02. The number of nitrogens with one attached hydrogen (secondary N) is 3. The van der Waals surface area contributed by atoms with Gasteiger partial charge in [0, 0.05) is 0 Å². The van der Waals surface area contributed by atoms with Gasteiger partial charge in [0.15, 0.2) is 0 Å². The van der Waals surface area contributed by atoms with Crippen molar-refractivity contribution in [2.75, 3.05) is 6.54 Å². The molecule has 0 aliphatic heterocycles. The van der Waals surface area contributed by atoms with Crippen molar-refractivity contribution in [3.8, 4) is 0 Å². The minimum absolute atomic E-state index is 0.00290. The third-order valence-electron chi connectivity index (χ3n) is 4.68. The van der Waals surface area contributed by atoms with Gasteiger partial charge in [0.2, 0.25) is 17.7 Å². The average molecular weight is 431 g/mol. The molecule has 5 atom stereocenters. The van der Waals surface area contributed by atoms with Gasteiger partial charge in [-0.1, -0.05) is 27.2 Å². The monoisotopic (exact) mass is 431 g/mol. The van der Waals surface area contributed by atoms with Crippen LogP contribution in [0.15, 0.2) is 0 Å². The van der Waals surface area contributed by atoms with E-state index in [2.05, 4.69) is 16.0 Å². The van der Waals surface area contributed by atoms with E-state index in [1.165, 1.54) is 0 Å². The average Bonchev–Trinajstić information content (AvgIpc) is 2.68. The van der Waals surface area contributed by atoms with Gasteiger partial charge in [0.25, 0.3) is 0 Å². The molecule has 12 heteroatoms. The zero-order valence-electron chi connectivity index (χ0n) is 17.5. The molecule has 0 aromatic carbocycles. The third kappa shape index (κ3) is 9.18. The smallest absolute Gasteiger partial charge is 0.326 e. The Kier molecular flexibility index (Phi) is 12.3. The van der Waals surface area contributed by atoms with Gasteiger partial charge >= 0.3 is 11.9 Å². The molecule has 9 N–H and O–H groups in total. The lowest BCUT2D eigenvalue weighted by Crippen LogP contribution is -2.57. The molecule has 12 nitrogen and oxygen atoms in total. The minimum atomic E-state index is -1.66. The van der Waals surface area contributed by atoms with Crippen LogP contribution in [0.25, 0.3) is 0 Å².